The Balaban J connectivity index is 1.85. The SMILES string of the molecule is CCCC[C@H](N[C@H](C)c1cccc2ccccc12)c1ccccc1. The van der Waals surface area contributed by atoms with Crippen molar-refractivity contribution in [1.82, 2.24) is 5.32 Å². The van der Waals surface area contributed by atoms with Crippen LogP contribution < -0.4 is 5.32 Å². The van der Waals surface area contributed by atoms with Gasteiger partial charge >= 0.3 is 0 Å². The largest absolute Gasteiger partial charge is 0.303 e. The van der Waals surface area contributed by atoms with Crippen LogP contribution in [0.4, 0.5) is 0 Å². The van der Waals surface area contributed by atoms with Gasteiger partial charge in [0.15, 0.2) is 0 Å². The first-order valence-corrected chi connectivity index (χ1v) is 9.08. The molecule has 2 atom stereocenters. The Labute approximate surface area is 145 Å². The third kappa shape index (κ3) is 3.85. The molecule has 0 heterocycles. The Hall–Kier alpha value is -2.12. The molecule has 24 heavy (non-hydrogen) atoms. The fourth-order valence-electron chi connectivity index (χ4n) is 3.46. The van der Waals surface area contributed by atoms with E-state index >= 15 is 0 Å². The molecule has 0 aliphatic rings. The van der Waals surface area contributed by atoms with E-state index in [1.54, 1.807) is 0 Å². The number of fused-ring (bicyclic) bond motifs is 1. The van der Waals surface area contributed by atoms with Crippen LogP contribution in [0.5, 0.6) is 0 Å². The minimum Gasteiger partial charge on any atom is -0.303 e. The van der Waals surface area contributed by atoms with E-state index in [0.29, 0.717) is 12.1 Å². The zero-order valence-corrected chi connectivity index (χ0v) is 14.7. The van der Waals surface area contributed by atoms with Gasteiger partial charge in [-0.15, -0.1) is 0 Å². The first kappa shape index (κ1) is 16.7. The van der Waals surface area contributed by atoms with Gasteiger partial charge in [-0.3, -0.25) is 0 Å². The molecule has 1 nitrogen and oxygen atoms in total. The van der Waals surface area contributed by atoms with Crippen LogP contribution in [-0.4, -0.2) is 0 Å². The van der Waals surface area contributed by atoms with Crippen molar-refractivity contribution in [2.75, 3.05) is 0 Å². The van der Waals surface area contributed by atoms with Gasteiger partial charge in [-0.1, -0.05) is 92.6 Å². The molecule has 0 unspecified atom stereocenters. The standard InChI is InChI=1S/C23H27N/c1-3-4-17-23(20-12-6-5-7-13-20)24-18(2)21-16-10-14-19-11-8-9-15-22(19)21/h5-16,18,23-24H,3-4,17H2,1-2H3/t18-,23+/m1/s1. The van der Waals surface area contributed by atoms with Crippen molar-refractivity contribution in [2.24, 2.45) is 0 Å². The molecule has 0 aliphatic carbocycles. The molecule has 0 radical (unpaired) electrons. The van der Waals surface area contributed by atoms with E-state index < -0.39 is 0 Å². The van der Waals surface area contributed by atoms with Crippen molar-refractivity contribution in [3.8, 4) is 0 Å². The summed E-state index contributed by atoms with van der Waals surface area (Å²) in [5, 5.41) is 6.54. The summed E-state index contributed by atoms with van der Waals surface area (Å²) in [5.74, 6) is 0. The molecule has 0 saturated heterocycles. The summed E-state index contributed by atoms with van der Waals surface area (Å²) in [6, 6.07) is 26.8. The molecule has 0 aliphatic heterocycles. The number of nitrogens with one attached hydrogen (secondary N) is 1. The fraction of sp³-hybridized carbons (Fsp3) is 0.304. The average molecular weight is 317 g/mol. The summed E-state index contributed by atoms with van der Waals surface area (Å²) < 4.78 is 0. The van der Waals surface area contributed by atoms with Crippen molar-refractivity contribution in [1.29, 1.82) is 0 Å². The van der Waals surface area contributed by atoms with Gasteiger partial charge in [0.25, 0.3) is 0 Å². The third-order valence-electron chi connectivity index (χ3n) is 4.79. The first-order chi connectivity index (χ1) is 11.8. The maximum absolute atomic E-state index is 3.88. The zero-order chi connectivity index (χ0) is 16.8. The number of unbranched alkanes of at least 4 members (excludes halogenated alkanes) is 1. The lowest BCUT2D eigenvalue weighted by Gasteiger charge is -2.25. The monoisotopic (exact) mass is 317 g/mol. The highest BCUT2D eigenvalue weighted by Crippen LogP contribution is 2.28. The van der Waals surface area contributed by atoms with Gasteiger partial charge in [-0.25, -0.2) is 0 Å². The second-order valence-corrected chi connectivity index (χ2v) is 6.56. The van der Waals surface area contributed by atoms with Gasteiger partial charge in [-0.2, -0.15) is 0 Å². The lowest BCUT2D eigenvalue weighted by Crippen LogP contribution is -2.25. The van der Waals surface area contributed by atoms with Gasteiger partial charge in [0.2, 0.25) is 0 Å². The first-order valence-electron chi connectivity index (χ1n) is 9.08. The highest BCUT2D eigenvalue weighted by Gasteiger charge is 2.16. The van der Waals surface area contributed by atoms with E-state index in [2.05, 4.69) is 92.0 Å². The van der Waals surface area contributed by atoms with E-state index in [4.69, 9.17) is 0 Å². The second kappa shape index (κ2) is 8.12. The van der Waals surface area contributed by atoms with Gasteiger partial charge in [0, 0.05) is 12.1 Å². The molecule has 124 valence electrons. The molecule has 3 aromatic carbocycles. The summed E-state index contributed by atoms with van der Waals surface area (Å²) in [4.78, 5) is 0. The maximum Gasteiger partial charge on any atom is 0.0325 e. The number of hydrogen-bond donors (Lipinski definition) is 1. The molecule has 0 bridgehead atoms. The molecule has 0 spiro atoms. The molecule has 3 aromatic rings. The molecule has 0 aromatic heterocycles. The summed E-state index contributed by atoms with van der Waals surface area (Å²) >= 11 is 0. The Morgan fingerprint density at radius 2 is 1.54 bits per heavy atom. The molecule has 1 heteroatoms. The predicted octanol–water partition coefficient (Wildman–Crippen LogP) is 6.42. The Bertz CT molecular complexity index is 758. The van der Waals surface area contributed by atoms with Crippen molar-refractivity contribution < 1.29 is 0 Å². The molecule has 3 rings (SSSR count). The third-order valence-corrected chi connectivity index (χ3v) is 4.79. The number of rotatable bonds is 7. The van der Waals surface area contributed by atoms with Crippen LogP contribution in [0.25, 0.3) is 10.8 Å². The lowest BCUT2D eigenvalue weighted by atomic mass is 9.96. The average Bonchev–Trinajstić information content (AvgIpc) is 2.65. The molecular weight excluding hydrogens is 290 g/mol. The predicted molar refractivity (Wildman–Crippen MR) is 104 cm³/mol. The summed E-state index contributed by atoms with van der Waals surface area (Å²) in [5.41, 5.74) is 2.77. The van der Waals surface area contributed by atoms with Crippen molar-refractivity contribution in [3.63, 3.8) is 0 Å². The molecule has 0 fully saturated rings. The second-order valence-electron chi connectivity index (χ2n) is 6.56. The van der Waals surface area contributed by atoms with E-state index in [9.17, 15) is 0 Å². The highest BCUT2D eigenvalue weighted by molar-refractivity contribution is 5.86. The summed E-state index contributed by atoms with van der Waals surface area (Å²) in [7, 11) is 0. The van der Waals surface area contributed by atoms with E-state index in [1.807, 2.05) is 0 Å². The Kier molecular flexibility index (Phi) is 5.66. The zero-order valence-electron chi connectivity index (χ0n) is 14.7. The number of benzene rings is 3. The van der Waals surface area contributed by atoms with Gasteiger partial charge in [0.1, 0.15) is 0 Å². The minimum absolute atomic E-state index is 0.318. The molecular formula is C23H27N. The lowest BCUT2D eigenvalue weighted by molar-refractivity contribution is 0.433. The van der Waals surface area contributed by atoms with Crippen molar-refractivity contribution in [2.45, 2.75) is 45.2 Å². The Morgan fingerprint density at radius 1 is 0.833 bits per heavy atom. The topological polar surface area (TPSA) is 12.0 Å². The minimum atomic E-state index is 0.318. The van der Waals surface area contributed by atoms with Crippen LogP contribution >= 0.6 is 0 Å². The van der Waals surface area contributed by atoms with Gasteiger partial charge in [0.05, 0.1) is 0 Å². The van der Waals surface area contributed by atoms with Crippen LogP contribution in [0.2, 0.25) is 0 Å². The van der Waals surface area contributed by atoms with Crippen molar-refractivity contribution >= 4 is 10.8 Å². The quantitative estimate of drug-likeness (QED) is 0.530. The van der Waals surface area contributed by atoms with Crippen LogP contribution in [0, 0.1) is 0 Å². The van der Waals surface area contributed by atoms with Crippen LogP contribution in [0.15, 0.2) is 72.8 Å². The van der Waals surface area contributed by atoms with Crippen LogP contribution in [0.1, 0.15) is 56.3 Å². The van der Waals surface area contributed by atoms with Crippen molar-refractivity contribution in [3.05, 3.63) is 83.9 Å². The summed E-state index contributed by atoms with van der Waals surface area (Å²) in [6.07, 6.45) is 3.65. The van der Waals surface area contributed by atoms with E-state index in [0.717, 1.165) is 0 Å². The maximum atomic E-state index is 3.88. The van der Waals surface area contributed by atoms with E-state index in [-0.39, 0.29) is 0 Å². The molecule has 0 saturated carbocycles. The van der Waals surface area contributed by atoms with Crippen LogP contribution in [0.3, 0.4) is 0 Å². The fourth-order valence-corrected chi connectivity index (χ4v) is 3.46. The highest BCUT2D eigenvalue weighted by atomic mass is 14.9. The molecule has 1 N–H and O–H groups in total. The van der Waals surface area contributed by atoms with Gasteiger partial charge in [-0.05, 0) is 35.2 Å². The van der Waals surface area contributed by atoms with E-state index in [1.165, 1.54) is 41.2 Å². The van der Waals surface area contributed by atoms with Crippen LogP contribution in [-0.2, 0) is 0 Å². The normalized spacial score (nSPS) is 13.8. The summed E-state index contributed by atoms with van der Waals surface area (Å²) in [6.45, 7) is 4.54. The van der Waals surface area contributed by atoms with Gasteiger partial charge < -0.3 is 5.32 Å². The Morgan fingerprint density at radius 3 is 2.33 bits per heavy atom. The number of hydrogen-bond acceptors (Lipinski definition) is 1. The molecule has 0 amide bonds. The smallest absolute Gasteiger partial charge is 0.0325 e.